The van der Waals surface area contributed by atoms with Gasteiger partial charge in [-0.2, -0.15) is 13.2 Å². The molecule has 3 unspecified atom stereocenters. The van der Waals surface area contributed by atoms with Gasteiger partial charge in [-0.25, -0.2) is 0 Å². The van der Waals surface area contributed by atoms with Crippen LogP contribution in [0.2, 0.25) is 0 Å². The molecule has 1 N–H and O–H groups in total. The molecular formula is C17H23F3N2O. The van der Waals surface area contributed by atoms with E-state index in [2.05, 4.69) is 19.2 Å². The monoisotopic (exact) mass is 328 g/mol. The maximum atomic E-state index is 13.0. The van der Waals surface area contributed by atoms with Crippen LogP contribution in [0.1, 0.15) is 32.8 Å². The summed E-state index contributed by atoms with van der Waals surface area (Å²) in [5.74, 6) is 0.566. The Morgan fingerprint density at radius 3 is 2.35 bits per heavy atom. The van der Waals surface area contributed by atoms with Gasteiger partial charge >= 0.3 is 6.18 Å². The molecule has 0 radical (unpaired) electrons. The SMILES string of the molecule is CC1CC(C)CN(C(C)C(=O)Nc2ccccc2C(F)(F)F)C1. The molecule has 1 aliphatic heterocycles. The lowest BCUT2D eigenvalue weighted by Gasteiger charge is -2.38. The van der Waals surface area contributed by atoms with Gasteiger partial charge in [0.1, 0.15) is 0 Å². The lowest BCUT2D eigenvalue weighted by Crippen LogP contribution is -2.48. The number of halogens is 3. The average Bonchev–Trinajstić information content (AvgIpc) is 2.44. The summed E-state index contributed by atoms with van der Waals surface area (Å²) in [6.45, 7) is 7.59. The fourth-order valence-electron chi connectivity index (χ4n) is 3.27. The van der Waals surface area contributed by atoms with Crippen molar-refractivity contribution in [3.8, 4) is 0 Å². The van der Waals surface area contributed by atoms with Gasteiger partial charge in [0.15, 0.2) is 0 Å². The molecule has 128 valence electrons. The number of amides is 1. The van der Waals surface area contributed by atoms with E-state index in [4.69, 9.17) is 0 Å². The number of alkyl halides is 3. The summed E-state index contributed by atoms with van der Waals surface area (Å²) in [6.07, 6.45) is -3.37. The quantitative estimate of drug-likeness (QED) is 0.909. The van der Waals surface area contributed by atoms with Crippen molar-refractivity contribution in [2.24, 2.45) is 11.8 Å². The van der Waals surface area contributed by atoms with Crippen molar-refractivity contribution in [1.29, 1.82) is 0 Å². The second-order valence-electron chi connectivity index (χ2n) is 6.61. The van der Waals surface area contributed by atoms with Gasteiger partial charge in [-0.15, -0.1) is 0 Å². The third kappa shape index (κ3) is 4.47. The number of hydrogen-bond donors (Lipinski definition) is 1. The Bertz CT molecular complexity index is 549. The largest absolute Gasteiger partial charge is 0.418 e. The molecule has 1 fully saturated rings. The number of para-hydroxylation sites is 1. The fourth-order valence-corrected chi connectivity index (χ4v) is 3.27. The van der Waals surface area contributed by atoms with Crippen LogP contribution in [-0.2, 0) is 11.0 Å². The first-order valence-electron chi connectivity index (χ1n) is 7.89. The van der Waals surface area contributed by atoms with Gasteiger partial charge in [0, 0.05) is 13.1 Å². The normalized spacial score (nSPS) is 24.3. The van der Waals surface area contributed by atoms with E-state index in [1.165, 1.54) is 18.2 Å². The first-order chi connectivity index (χ1) is 10.7. The molecule has 1 amide bonds. The average molecular weight is 328 g/mol. The lowest BCUT2D eigenvalue weighted by molar-refractivity contribution is -0.137. The summed E-state index contributed by atoms with van der Waals surface area (Å²) in [7, 11) is 0. The van der Waals surface area contributed by atoms with E-state index in [1.807, 2.05) is 4.90 Å². The maximum Gasteiger partial charge on any atom is 0.418 e. The van der Waals surface area contributed by atoms with E-state index in [-0.39, 0.29) is 5.69 Å². The zero-order valence-electron chi connectivity index (χ0n) is 13.7. The zero-order chi connectivity index (χ0) is 17.2. The van der Waals surface area contributed by atoms with Crippen LogP contribution in [0.4, 0.5) is 18.9 Å². The van der Waals surface area contributed by atoms with Gasteiger partial charge in [0.2, 0.25) is 5.91 Å². The van der Waals surface area contributed by atoms with Gasteiger partial charge in [-0.1, -0.05) is 26.0 Å². The Kier molecular flexibility index (Phi) is 5.34. The van der Waals surface area contributed by atoms with Crippen molar-refractivity contribution >= 4 is 11.6 Å². The molecule has 0 spiro atoms. The zero-order valence-corrected chi connectivity index (χ0v) is 13.7. The summed E-state index contributed by atoms with van der Waals surface area (Å²) in [6, 6.07) is 4.61. The van der Waals surface area contributed by atoms with Crippen LogP contribution in [0.5, 0.6) is 0 Å². The van der Waals surface area contributed by atoms with Gasteiger partial charge in [-0.3, -0.25) is 9.69 Å². The molecule has 3 atom stereocenters. The van der Waals surface area contributed by atoms with Gasteiger partial charge in [0.25, 0.3) is 0 Å². The Balaban J connectivity index is 2.10. The molecule has 0 bridgehead atoms. The topological polar surface area (TPSA) is 32.3 Å². The molecule has 6 heteroatoms. The summed E-state index contributed by atoms with van der Waals surface area (Å²) >= 11 is 0. The van der Waals surface area contributed by atoms with Crippen molar-refractivity contribution in [1.82, 2.24) is 4.90 Å². The molecule has 1 aromatic rings. The first-order valence-corrected chi connectivity index (χ1v) is 7.89. The summed E-state index contributed by atoms with van der Waals surface area (Å²) in [5.41, 5.74) is -1.00. The van der Waals surface area contributed by atoms with Crippen LogP contribution in [0.3, 0.4) is 0 Å². The van der Waals surface area contributed by atoms with Crippen molar-refractivity contribution in [2.45, 2.75) is 39.4 Å². The minimum atomic E-state index is -4.48. The highest BCUT2D eigenvalue weighted by molar-refractivity contribution is 5.95. The number of anilines is 1. The number of hydrogen-bond acceptors (Lipinski definition) is 2. The van der Waals surface area contributed by atoms with Crippen LogP contribution in [-0.4, -0.2) is 29.9 Å². The predicted octanol–water partition coefficient (Wildman–Crippen LogP) is 4.01. The summed E-state index contributed by atoms with van der Waals surface area (Å²) in [4.78, 5) is 14.4. The number of carbonyl (C=O) groups is 1. The smallest absolute Gasteiger partial charge is 0.324 e. The van der Waals surface area contributed by atoms with Crippen molar-refractivity contribution in [3.05, 3.63) is 29.8 Å². The Hall–Kier alpha value is -1.56. The molecule has 1 aromatic carbocycles. The van der Waals surface area contributed by atoms with E-state index in [0.29, 0.717) is 11.8 Å². The minimum absolute atomic E-state index is 0.185. The van der Waals surface area contributed by atoms with Crippen LogP contribution < -0.4 is 5.32 Å². The Labute approximate surface area is 134 Å². The van der Waals surface area contributed by atoms with E-state index in [9.17, 15) is 18.0 Å². The van der Waals surface area contributed by atoms with Gasteiger partial charge < -0.3 is 5.32 Å². The van der Waals surface area contributed by atoms with Crippen LogP contribution in [0.15, 0.2) is 24.3 Å². The summed E-state index contributed by atoms with van der Waals surface area (Å²) < 4.78 is 39.0. The third-order valence-electron chi connectivity index (χ3n) is 4.31. The molecule has 23 heavy (non-hydrogen) atoms. The number of piperidine rings is 1. The standard InChI is InChI=1S/C17H23F3N2O/c1-11-8-12(2)10-22(9-11)13(3)16(23)21-15-7-5-4-6-14(15)17(18,19)20/h4-7,11-13H,8-10H2,1-3H3,(H,21,23). The molecule has 1 heterocycles. The summed E-state index contributed by atoms with van der Waals surface area (Å²) in [5, 5.41) is 2.44. The highest BCUT2D eigenvalue weighted by Crippen LogP contribution is 2.34. The second kappa shape index (κ2) is 6.91. The number of nitrogens with one attached hydrogen (secondary N) is 1. The predicted molar refractivity (Wildman–Crippen MR) is 84.1 cm³/mol. The molecule has 0 aromatic heterocycles. The third-order valence-corrected chi connectivity index (χ3v) is 4.31. The Morgan fingerprint density at radius 2 is 1.78 bits per heavy atom. The lowest BCUT2D eigenvalue weighted by atomic mass is 9.91. The minimum Gasteiger partial charge on any atom is -0.324 e. The molecule has 1 aliphatic rings. The first kappa shape index (κ1) is 17.8. The molecule has 0 aliphatic carbocycles. The van der Waals surface area contributed by atoms with Crippen LogP contribution in [0.25, 0.3) is 0 Å². The highest BCUT2D eigenvalue weighted by atomic mass is 19.4. The van der Waals surface area contributed by atoms with E-state index in [0.717, 1.165) is 25.6 Å². The highest BCUT2D eigenvalue weighted by Gasteiger charge is 2.34. The number of carbonyl (C=O) groups excluding carboxylic acids is 1. The Morgan fingerprint density at radius 1 is 1.22 bits per heavy atom. The molecule has 1 saturated heterocycles. The second-order valence-corrected chi connectivity index (χ2v) is 6.61. The number of nitrogens with zero attached hydrogens (tertiary/aromatic N) is 1. The van der Waals surface area contributed by atoms with Crippen molar-refractivity contribution in [3.63, 3.8) is 0 Å². The number of likely N-dealkylation sites (tertiary alicyclic amines) is 1. The maximum absolute atomic E-state index is 13.0. The van der Waals surface area contributed by atoms with E-state index >= 15 is 0 Å². The van der Waals surface area contributed by atoms with Crippen molar-refractivity contribution < 1.29 is 18.0 Å². The van der Waals surface area contributed by atoms with Crippen LogP contribution in [0, 0.1) is 11.8 Å². The molecule has 2 rings (SSSR count). The van der Waals surface area contributed by atoms with E-state index in [1.54, 1.807) is 6.92 Å². The van der Waals surface area contributed by atoms with Crippen molar-refractivity contribution in [2.75, 3.05) is 18.4 Å². The van der Waals surface area contributed by atoms with Crippen LogP contribution >= 0.6 is 0 Å². The molecular weight excluding hydrogens is 305 g/mol. The molecule has 0 saturated carbocycles. The van der Waals surface area contributed by atoms with E-state index < -0.39 is 23.7 Å². The number of benzene rings is 1. The van der Waals surface area contributed by atoms with Gasteiger partial charge in [0.05, 0.1) is 17.3 Å². The fraction of sp³-hybridized carbons (Fsp3) is 0.588. The molecule has 3 nitrogen and oxygen atoms in total. The van der Waals surface area contributed by atoms with Gasteiger partial charge in [-0.05, 0) is 37.3 Å². The number of rotatable bonds is 3.